The molecule has 3 heteroatoms. The standard InChI is InChI=1S/C14H29N3/c1-4-15-14(12-7-8-12)11-17-9-5-6-13(17)10-16(2)3/h12-15H,4-11H2,1-3H3. The highest BCUT2D eigenvalue weighted by Crippen LogP contribution is 2.33. The Morgan fingerprint density at radius 2 is 2.06 bits per heavy atom. The largest absolute Gasteiger partial charge is 0.313 e. The first-order valence-corrected chi connectivity index (χ1v) is 7.33. The molecule has 3 nitrogen and oxygen atoms in total. The van der Waals surface area contributed by atoms with E-state index in [2.05, 4.69) is 36.1 Å². The lowest BCUT2D eigenvalue weighted by Gasteiger charge is -2.31. The lowest BCUT2D eigenvalue weighted by Crippen LogP contribution is -2.46. The summed E-state index contributed by atoms with van der Waals surface area (Å²) >= 11 is 0. The summed E-state index contributed by atoms with van der Waals surface area (Å²) in [5.74, 6) is 0.968. The van der Waals surface area contributed by atoms with Crippen molar-refractivity contribution in [1.82, 2.24) is 15.1 Å². The van der Waals surface area contributed by atoms with Crippen molar-refractivity contribution in [2.45, 2.75) is 44.7 Å². The zero-order chi connectivity index (χ0) is 12.3. The molecule has 2 unspecified atom stereocenters. The first-order valence-electron chi connectivity index (χ1n) is 7.33. The third-order valence-electron chi connectivity index (χ3n) is 4.16. The summed E-state index contributed by atoms with van der Waals surface area (Å²) in [6, 6.07) is 1.55. The van der Waals surface area contributed by atoms with Gasteiger partial charge in [0.05, 0.1) is 0 Å². The summed E-state index contributed by atoms with van der Waals surface area (Å²) in [6.45, 7) is 7.16. The van der Waals surface area contributed by atoms with Crippen LogP contribution in [0.25, 0.3) is 0 Å². The van der Waals surface area contributed by atoms with Crippen molar-refractivity contribution in [1.29, 1.82) is 0 Å². The van der Waals surface area contributed by atoms with Crippen LogP contribution in [0.15, 0.2) is 0 Å². The molecule has 2 rings (SSSR count). The molecule has 0 spiro atoms. The van der Waals surface area contributed by atoms with Gasteiger partial charge in [-0.25, -0.2) is 0 Å². The molecule has 100 valence electrons. The highest BCUT2D eigenvalue weighted by molar-refractivity contribution is 4.91. The number of nitrogens with one attached hydrogen (secondary N) is 1. The Balaban J connectivity index is 1.82. The quantitative estimate of drug-likeness (QED) is 0.724. The second-order valence-corrected chi connectivity index (χ2v) is 6.05. The monoisotopic (exact) mass is 239 g/mol. The van der Waals surface area contributed by atoms with E-state index >= 15 is 0 Å². The summed E-state index contributed by atoms with van der Waals surface area (Å²) in [5.41, 5.74) is 0. The Labute approximate surface area is 107 Å². The fraction of sp³-hybridized carbons (Fsp3) is 1.00. The van der Waals surface area contributed by atoms with E-state index in [-0.39, 0.29) is 0 Å². The van der Waals surface area contributed by atoms with Gasteiger partial charge in [-0.1, -0.05) is 6.92 Å². The molecule has 2 atom stereocenters. The molecule has 0 aromatic carbocycles. The summed E-state index contributed by atoms with van der Waals surface area (Å²) in [4.78, 5) is 5.06. The summed E-state index contributed by atoms with van der Waals surface area (Å²) in [5, 5.41) is 3.69. The number of rotatable bonds is 7. The van der Waals surface area contributed by atoms with E-state index in [1.54, 1.807) is 0 Å². The minimum atomic E-state index is 0.753. The Hall–Kier alpha value is -0.120. The Bertz CT molecular complexity index is 226. The van der Waals surface area contributed by atoms with Crippen LogP contribution in [-0.2, 0) is 0 Å². The molecular formula is C14H29N3. The third kappa shape index (κ3) is 3.94. The maximum Gasteiger partial charge on any atom is 0.0224 e. The van der Waals surface area contributed by atoms with E-state index < -0.39 is 0 Å². The number of hydrogen-bond donors (Lipinski definition) is 1. The zero-order valence-electron chi connectivity index (χ0n) is 11.8. The average Bonchev–Trinajstić information content (AvgIpc) is 3.02. The number of hydrogen-bond acceptors (Lipinski definition) is 3. The second kappa shape index (κ2) is 6.17. The first-order chi connectivity index (χ1) is 8.20. The maximum atomic E-state index is 3.69. The van der Waals surface area contributed by atoms with Gasteiger partial charge in [-0.15, -0.1) is 0 Å². The lowest BCUT2D eigenvalue weighted by atomic mass is 10.1. The van der Waals surface area contributed by atoms with Gasteiger partial charge >= 0.3 is 0 Å². The van der Waals surface area contributed by atoms with Crippen LogP contribution in [-0.4, -0.2) is 62.2 Å². The molecule has 1 saturated carbocycles. The first kappa shape index (κ1) is 13.3. The SMILES string of the molecule is CCNC(CN1CCCC1CN(C)C)C1CC1. The van der Waals surface area contributed by atoms with Gasteiger partial charge < -0.3 is 10.2 Å². The molecule has 1 aliphatic heterocycles. The highest BCUT2D eigenvalue weighted by Gasteiger charge is 2.34. The number of nitrogens with zero attached hydrogens (tertiary/aromatic N) is 2. The molecule has 1 N–H and O–H groups in total. The van der Waals surface area contributed by atoms with Crippen LogP contribution in [0.5, 0.6) is 0 Å². The van der Waals surface area contributed by atoms with Gasteiger partial charge in [-0.2, -0.15) is 0 Å². The molecule has 1 heterocycles. The van der Waals surface area contributed by atoms with Crippen molar-refractivity contribution in [3.05, 3.63) is 0 Å². The Morgan fingerprint density at radius 3 is 2.65 bits per heavy atom. The zero-order valence-corrected chi connectivity index (χ0v) is 11.8. The molecule has 2 fully saturated rings. The van der Waals surface area contributed by atoms with E-state index in [0.717, 1.165) is 24.5 Å². The van der Waals surface area contributed by atoms with E-state index in [9.17, 15) is 0 Å². The average molecular weight is 239 g/mol. The fourth-order valence-electron chi connectivity index (χ4n) is 3.16. The van der Waals surface area contributed by atoms with Crippen molar-refractivity contribution in [2.75, 3.05) is 40.3 Å². The predicted octanol–water partition coefficient (Wildman–Crippen LogP) is 1.40. The Kier molecular flexibility index (Phi) is 4.83. The van der Waals surface area contributed by atoms with Crippen molar-refractivity contribution in [2.24, 2.45) is 5.92 Å². The maximum absolute atomic E-state index is 3.69. The van der Waals surface area contributed by atoms with Crippen LogP contribution in [0, 0.1) is 5.92 Å². The van der Waals surface area contributed by atoms with Crippen LogP contribution in [0.3, 0.4) is 0 Å². The molecule has 0 amide bonds. The van der Waals surface area contributed by atoms with Crippen molar-refractivity contribution in [3.63, 3.8) is 0 Å². The van der Waals surface area contributed by atoms with Gasteiger partial charge in [-0.3, -0.25) is 4.90 Å². The molecule has 1 aliphatic carbocycles. The van der Waals surface area contributed by atoms with Crippen LogP contribution in [0.1, 0.15) is 32.6 Å². The number of likely N-dealkylation sites (tertiary alicyclic amines) is 1. The van der Waals surface area contributed by atoms with Gasteiger partial charge in [0, 0.05) is 25.2 Å². The predicted molar refractivity (Wildman–Crippen MR) is 73.3 cm³/mol. The molecular weight excluding hydrogens is 210 g/mol. The van der Waals surface area contributed by atoms with Gasteiger partial charge in [0.2, 0.25) is 0 Å². The normalized spacial score (nSPS) is 27.9. The fourth-order valence-corrected chi connectivity index (χ4v) is 3.16. The lowest BCUT2D eigenvalue weighted by molar-refractivity contribution is 0.184. The molecule has 0 aromatic heterocycles. The smallest absolute Gasteiger partial charge is 0.0224 e. The third-order valence-corrected chi connectivity index (χ3v) is 4.16. The summed E-state index contributed by atoms with van der Waals surface area (Å²) < 4.78 is 0. The molecule has 0 aromatic rings. The van der Waals surface area contributed by atoms with Gasteiger partial charge in [-0.05, 0) is 58.8 Å². The van der Waals surface area contributed by atoms with E-state index in [0.29, 0.717) is 0 Å². The topological polar surface area (TPSA) is 18.5 Å². The molecule has 2 aliphatic rings. The molecule has 0 bridgehead atoms. The minimum absolute atomic E-state index is 0.753. The Morgan fingerprint density at radius 1 is 1.29 bits per heavy atom. The molecule has 1 saturated heterocycles. The molecule has 0 radical (unpaired) electrons. The van der Waals surface area contributed by atoms with Crippen LogP contribution in [0.2, 0.25) is 0 Å². The highest BCUT2D eigenvalue weighted by atomic mass is 15.2. The van der Waals surface area contributed by atoms with Crippen molar-refractivity contribution >= 4 is 0 Å². The van der Waals surface area contributed by atoms with E-state index in [1.165, 1.54) is 45.3 Å². The minimum Gasteiger partial charge on any atom is -0.313 e. The van der Waals surface area contributed by atoms with Gasteiger partial charge in [0.25, 0.3) is 0 Å². The second-order valence-electron chi connectivity index (χ2n) is 6.05. The summed E-state index contributed by atoms with van der Waals surface area (Å²) in [7, 11) is 4.39. The van der Waals surface area contributed by atoms with Crippen LogP contribution in [0.4, 0.5) is 0 Å². The van der Waals surface area contributed by atoms with E-state index in [4.69, 9.17) is 0 Å². The van der Waals surface area contributed by atoms with Crippen molar-refractivity contribution < 1.29 is 0 Å². The van der Waals surface area contributed by atoms with Crippen molar-refractivity contribution in [3.8, 4) is 0 Å². The number of likely N-dealkylation sites (N-methyl/N-ethyl adjacent to an activating group) is 2. The van der Waals surface area contributed by atoms with Crippen LogP contribution < -0.4 is 5.32 Å². The van der Waals surface area contributed by atoms with E-state index in [1.807, 2.05) is 0 Å². The van der Waals surface area contributed by atoms with Gasteiger partial charge in [0.15, 0.2) is 0 Å². The summed E-state index contributed by atoms with van der Waals surface area (Å²) in [6.07, 6.45) is 5.68. The van der Waals surface area contributed by atoms with Gasteiger partial charge in [0.1, 0.15) is 0 Å². The van der Waals surface area contributed by atoms with Crippen LogP contribution >= 0.6 is 0 Å². The molecule has 17 heavy (non-hydrogen) atoms.